The fourth-order valence-electron chi connectivity index (χ4n) is 0.430. The summed E-state index contributed by atoms with van der Waals surface area (Å²) >= 11 is 0. The Morgan fingerprint density at radius 3 is 3.00 bits per heavy atom. The summed E-state index contributed by atoms with van der Waals surface area (Å²) in [7, 11) is 0. The van der Waals surface area contributed by atoms with E-state index in [0.717, 1.165) is 5.69 Å². The maximum absolute atomic E-state index is 5.15. The van der Waals surface area contributed by atoms with Crippen LogP contribution in [0.25, 0.3) is 6.08 Å². The number of rotatable bonds is 1. The molecule has 0 unspecified atom stereocenters. The Hall–Kier alpha value is -1.11. The highest BCUT2D eigenvalue weighted by Crippen LogP contribution is 1.91. The maximum Gasteiger partial charge on any atom is 0.0630 e. The van der Waals surface area contributed by atoms with Gasteiger partial charge in [0, 0.05) is 12.3 Å². The van der Waals surface area contributed by atoms with Crippen molar-refractivity contribution in [3.05, 3.63) is 36.7 Å². The van der Waals surface area contributed by atoms with E-state index in [1.165, 1.54) is 6.08 Å². The van der Waals surface area contributed by atoms with Crippen LogP contribution >= 0.6 is 0 Å². The Morgan fingerprint density at radius 1 is 1.75 bits per heavy atom. The molecule has 0 saturated carbocycles. The van der Waals surface area contributed by atoms with Crippen molar-refractivity contribution in [1.82, 2.24) is 4.98 Å². The van der Waals surface area contributed by atoms with Gasteiger partial charge in [0.15, 0.2) is 0 Å². The SMILES string of the molecule is [CH]=Cc1cc[c]cn1. The highest BCUT2D eigenvalue weighted by Gasteiger charge is 1.78. The zero-order valence-electron chi connectivity index (χ0n) is 4.33. The average Bonchev–Trinajstić information content (AvgIpc) is 1.90. The van der Waals surface area contributed by atoms with E-state index in [4.69, 9.17) is 6.58 Å². The third-order valence-corrected chi connectivity index (χ3v) is 0.809. The fourth-order valence-corrected chi connectivity index (χ4v) is 0.430. The van der Waals surface area contributed by atoms with E-state index in [1.54, 1.807) is 18.3 Å². The first-order valence-electron chi connectivity index (χ1n) is 2.30. The Bertz CT molecular complexity index is 167. The second-order valence-electron chi connectivity index (χ2n) is 1.35. The minimum atomic E-state index is 0.781. The molecular formula is C7H5N. The average molecular weight is 103 g/mol. The number of hydrogen-bond acceptors (Lipinski definition) is 1. The zero-order chi connectivity index (χ0) is 5.82. The molecule has 1 nitrogen and oxygen atoms in total. The van der Waals surface area contributed by atoms with E-state index < -0.39 is 0 Å². The van der Waals surface area contributed by atoms with E-state index in [1.807, 2.05) is 0 Å². The molecule has 38 valence electrons. The molecule has 1 aromatic heterocycles. The summed E-state index contributed by atoms with van der Waals surface area (Å²) in [4.78, 5) is 3.86. The molecule has 1 rings (SSSR count). The van der Waals surface area contributed by atoms with Crippen LogP contribution in [0, 0.1) is 12.6 Å². The van der Waals surface area contributed by atoms with Gasteiger partial charge < -0.3 is 0 Å². The van der Waals surface area contributed by atoms with Crippen LogP contribution in [0.4, 0.5) is 0 Å². The van der Waals surface area contributed by atoms with Crippen LogP contribution in [0.5, 0.6) is 0 Å². The molecule has 0 spiro atoms. The second-order valence-corrected chi connectivity index (χ2v) is 1.35. The molecule has 0 aliphatic heterocycles. The van der Waals surface area contributed by atoms with Gasteiger partial charge in [-0.15, -0.1) is 0 Å². The van der Waals surface area contributed by atoms with Crippen LogP contribution in [0.15, 0.2) is 18.3 Å². The molecule has 2 radical (unpaired) electrons. The van der Waals surface area contributed by atoms with E-state index in [-0.39, 0.29) is 0 Å². The summed E-state index contributed by atoms with van der Waals surface area (Å²) in [6, 6.07) is 6.34. The molecule has 0 aliphatic carbocycles. The van der Waals surface area contributed by atoms with E-state index >= 15 is 0 Å². The number of pyridine rings is 1. The minimum Gasteiger partial charge on any atom is -0.256 e. The van der Waals surface area contributed by atoms with Crippen LogP contribution < -0.4 is 0 Å². The Morgan fingerprint density at radius 2 is 2.62 bits per heavy atom. The van der Waals surface area contributed by atoms with Gasteiger partial charge >= 0.3 is 0 Å². The summed E-state index contributed by atoms with van der Waals surface area (Å²) in [6.07, 6.45) is 3.03. The number of hydrogen-bond donors (Lipinski definition) is 0. The highest BCUT2D eigenvalue weighted by molar-refractivity contribution is 5.38. The van der Waals surface area contributed by atoms with Crippen molar-refractivity contribution in [2.75, 3.05) is 0 Å². The van der Waals surface area contributed by atoms with Crippen molar-refractivity contribution in [3.63, 3.8) is 0 Å². The summed E-state index contributed by atoms with van der Waals surface area (Å²) in [6.45, 7) is 5.15. The molecule has 0 saturated heterocycles. The predicted molar refractivity (Wildman–Crippen MR) is 31.8 cm³/mol. The standard InChI is InChI=1S/C7H5N/c1-2-7-5-3-4-6-8-7/h1-3,5-6H. The fraction of sp³-hybridized carbons (Fsp3) is 0. The Kier molecular flexibility index (Phi) is 1.42. The molecule has 1 heteroatoms. The molecule has 0 aromatic carbocycles. The molecule has 0 bridgehead atoms. The van der Waals surface area contributed by atoms with E-state index in [2.05, 4.69) is 11.1 Å². The first kappa shape index (κ1) is 5.04. The lowest BCUT2D eigenvalue weighted by Crippen LogP contribution is -1.73. The van der Waals surface area contributed by atoms with Gasteiger partial charge in [0.25, 0.3) is 0 Å². The molecule has 0 aliphatic rings. The first-order valence-corrected chi connectivity index (χ1v) is 2.30. The van der Waals surface area contributed by atoms with Crippen LogP contribution in [0.1, 0.15) is 5.69 Å². The normalized spacial score (nSPS) is 8.50. The lowest BCUT2D eigenvalue weighted by molar-refractivity contribution is 1.29. The van der Waals surface area contributed by atoms with Crippen molar-refractivity contribution < 1.29 is 0 Å². The highest BCUT2D eigenvalue weighted by atomic mass is 14.6. The van der Waals surface area contributed by atoms with Gasteiger partial charge in [-0.2, -0.15) is 0 Å². The molecule has 1 aromatic rings. The number of nitrogens with zero attached hydrogens (tertiary/aromatic N) is 1. The largest absolute Gasteiger partial charge is 0.256 e. The van der Waals surface area contributed by atoms with Crippen molar-refractivity contribution in [2.45, 2.75) is 0 Å². The Labute approximate surface area is 48.7 Å². The summed E-state index contributed by atoms with van der Waals surface area (Å²) in [5, 5.41) is 0. The van der Waals surface area contributed by atoms with E-state index in [0.29, 0.717) is 0 Å². The van der Waals surface area contributed by atoms with Crippen LogP contribution in [-0.4, -0.2) is 4.98 Å². The molecule has 0 fully saturated rings. The second kappa shape index (κ2) is 2.26. The summed E-state index contributed by atoms with van der Waals surface area (Å²) in [5.41, 5.74) is 0.781. The van der Waals surface area contributed by atoms with Gasteiger partial charge in [0.05, 0.1) is 5.69 Å². The van der Waals surface area contributed by atoms with Gasteiger partial charge in [-0.05, 0) is 12.1 Å². The van der Waals surface area contributed by atoms with Gasteiger partial charge in [-0.25, -0.2) is 0 Å². The quantitative estimate of drug-likeness (QED) is 0.522. The van der Waals surface area contributed by atoms with Gasteiger partial charge in [0.2, 0.25) is 0 Å². The lowest BCUT2D eigenvalue weighted by Gasteiger charge is -1.83. The van der Waals surface area contributed by atoms with Crippen molar-refractivity contribution >= 4 is 6.08 Å². The zero-order valence-corrected chi connectivity index (χ0v) is 4.33. The molecule has 1 heterocycles. The van der Waals surface area contributed by atoms with Crippen LogP contribution in [-0.2, 0) is 0 Å². The third kappa shape index (κ3) is 0.936. The van der Waals surface area contributed by atoms with Crippen LogP contribution in [0.3, 0.4) is 0 Å². The third-order valence-electron chi connectivity index (χ3n) is 0.809. The lowest BCUT2D eigenvalue weighted by atomic mass is 10.4. The van der Waals surface area contributed by atoms with Crippen LogP contribution in [0.2, 0.25) is 0 Å². The maximum atomic E-state index is 5.15. The predicted octanol–water partition coefficient (Wildman–Crippen LogP) is 1.33. The van der Waals surface area contributed by atoms with Gasteiger partial charge in [-0.3, -0.25) is 4.98 Å². The van der Waals surface area contributed by atoms with E-state index in [9.17, 15) is 0 Å². The molecule has 0 atom stereocenters. The molecule has 0 N–H and O–H groups in total. The van der Waals surface area contributed by atoms with Gasteiger partial charge in [-0.1, -0.05) is 12.6 Å². The monoisotopic (exact) mass is 103 g/mol. The summed E-state index contributed by atoms with van der Waals surface area (Å²) in [5.74, 6) is 0. The van der Waals surface area contributed by atoms with Crippen molar-refractivity contribution in [2.24, 2.45) is 0 Å². The van der Waals surface area contributed by atoms with Gasteiger partial charge in [0.1, 0.15) is 0 Å². The molecular weight excluding hydrogens is 98.1 g/mol. The summed E-state index contributed by atoms with van der Waals surface area (Å²) < 4.78 is 0. The molecule has 0 amide bonds. The Balaban J connectivity index is 2.99. The number of aromatic nitrogens is 1. The smallest absolute Gasteiger partial charge is 0.0630 e. The van der Waals surface area contributed by atoms with Crippen molar-refractivity contribution in [3.8, 4) is 0 Å². The van der Waals surface area contributed by atoms with Crippen molar-refractivity contribution in [1.29, 1.82) is 0 Å². The molecule has 8 heavy (non-hydrogen) atoms. The minimum absolute atomic E-state index is 0.781. The first-order chi connectivity index (χ1) is 3.93. The topological polar surface area (TPSA) is 12.9 Å².